The van der Waals surface area contributed by atoms with E-state index in [-0.39, 0.29) is 0 Å². The lowest BCUT2D eigenvalue weighted by Crippen LogP contribution is -2.29. The van der Waals surface area contributed by atoms with E-state index in [1.165, 1.54) is 67.2 Å². The van der Waals surface area contributed by atoms with Gasteiger partial charge in [-0.3, -0.25) is 0 Å². The molecule has 1 N–H and O–H groups in total. The second-order valence-electron chi connectivity index (χ2n) is 6.38. The molecular formula is C16H27N3S. The summed E-state index contributed by atoms with van der Waals surface area (Å²) in [5.41, 5.74) is 1.35. The van der Waals surface area contributed by atoms with Gasteiger partial charge in [-0.15, -0.1) is 11.3 Å². The highest BCUT2D eigenvalue weighted by Crippen LogP contribution is 2.37. The molecule has 0 aromatic carbocycles. The van der Waals surface area contributed by atoms with E-state index in [9.17, 15) is 0 Å². The van der Waals surface area contributed by atoms with Crippen LogP contribution in [0.25, 0.3) is 0 Å². The Bertz CT molecular complexity index is 439. The SMILES string of the molecule is CCCNC1CCCc2sc(N(C)CC3CCC3)nc21. The molecule has 20 heavy (non-hydrogen) atoms. The number of fused-ring (bicyclic) bond motifs is 1. The number of anilines is 1. The van der Waals surface area contributed by atoms with Crippen molar-refractivity contribution in [3.05, 3.63) is 10.6 Å². The van der Waals surface area contributed by atoms with E-state index < -0.39 is 0 Å². The molecule has 1 saturated carbocycles. The van der Waals surface area contributed by atoms with Crippen molar-refractivity contribution in [2.24, 2.45) is 5.92 Å². The molecule has 0 radical (unpaired) electrons. The summed E-state index contributed by atoms with van der Waals surface area (Å²) in [6.45, 7) is 4.53. The third kappa shape index (κ3) is 3.01. The van der Waals surface area contributed by atoms with Gasteiger partial charge in [0.2, 0.25) is 0 Å². The first-order chi connectivity index (χ1) is 9.78. The molecule has 2 aliphatic rings. The van der Waals surface area contributed by atoms with Crippen molar-refractivity contribution >= 4 is 16.5 Å². The first-order valence-corrected chi connectivity index (χ1v) is 9.03. The van der Waals surface area contributed by atoms with Crippen LogP contribution in [0.3, 0.4) is 0 Å². The number of rotatable bonds is 6. The summed E-state index contributed by atoms with van der Waals surface area (Å²) < 4.78 is 0. The van der Waals surface area contributed by atoms with Gasteiger partial charge < -0.3 is 10.2 Å². The van der Waals surface area contributed by atoms with Crippen molar-refractivity contribution in [3.63, 3.8) is 0 Å². The number of aryl methyl sites for hydroxylation is 1. The highest BCUT2D eigenvalue weighted by molar-refractivity contribution is 7.15. The minimum absolute atomic E-state index is 0.501. The Morgan fingerprint density at radius 3 is 2.85 bits per heavy atom. The van der Waals surface area contributed by atoms with Gasteiger partial charge in [0.15, 0.2) is 5.13 Å². The van der Waals surface area contributed by atoms with Crippen molar-refractivity contribution in [1.29, 1.82) is 0 Å². The monoisotopic (exact) mass is 293 g/mol. The van der Waals surface area contributed by atoms with Crippen molar-refractivity contribution in [2.75, 3.05) is 25.0 Å². The molecule has 1 fully saturated rings. The fourth-order valence-corrected chi connectivity index (χ4v) is 4.36. The van der Waals surface area contributed by atoms with Gasteiger partial charge in [0.05, 0.1) is 11.7 Å². The number of nitrogens with one attached hydrogen (secondary N) is 1. The predicted molar refractivity (Wildman–Crippen MR) is 86.7 cm³/mol. The smallest absolute Gasteiger partial charge is 0.185 e. The molecule has 3 nitrogen and oxygen atoms in total. The van der Waals surface area contributed by atoms with Gasteiger partial charge in [-0.05, 0) is 51.0 Å². The molecule has 2 aliphatic carbocycles. The van der Waals surface area contributed by atoms with Gasteiger partial charge in [0.25, 0.3) is 0 Å². The van der Waals surface area contributed by atoms with Crippen LogP contribution in [0.2, 0.25) is 0 Å². The fraction of sp³-hybridized carbons (Fsp3) is 0.812. The maximum Gasteiger partial charge on any atom is 0.185 e. The number of hydrogen-bond acceptors (Lipinski definition) is 4. The van der Waals surface area contributed by atoms with E-state index in [0.29, 0.717) is 6.04 Å². The Hall–Kier alpha value is -0.610. The average molecular weight is 293 g/mol. The third-order valence-corrected chi connectivity index (χ3v) is 5.91. The summed E-state index contributed by atoms with van der Waals surface area (Å²) in [7, 11) is 2.22. The van der Waals surface area contributed by atoms with Crippen LogP contribution in [0.4, 0.5) is 5.13 Å². The van der Waals surface area contributed by atoms with Crippen molar-refractivity contribution in [3.8, 4) is 0 Å². The Morgan fingerprint density at radius 2 is 2.15 bits per heavy atom. The van der Waals surface area contributed by atoms with Crippen LogP contribution in [-0.4, -0.2) is 25.1 Å². The zero-order valence-corrected chi connectivity index (χ0v) is 13.6. The average Bonchev–Trinajstić information content (AvgIpc) is 2.84. The van der Waals surface area contributed by atoms with Gasteiger partial charge in [-0.2, -0.15) is 0 Å². The molecule has 0 bridgehead atoms. The number of thiazole rings is 1. The maximum absolute atomic E-state index is 4.98. The van der Waals surface area contributed by atoms with Crippen LogP contribution in [0.5, 0.6) is 0 Å². The normalized spacial score (nSPS) is 22.4. The molecule has 1 aromatic heterocycles. The Labute approximate surface area is 126 Å². The van der Waals surface area contributed by atoms with E-state index in [1.54, 1.807) is 0 Å². The van der Waals surface area contributed by atoms with Crippen LogP contribution in [0, 0.1) is 5.92 Å². The quantitative estimate of drug-likeness (QED) is 0.865. The van der Waals surface area contributed by atoms with E-state index in [2.05, 4.69) is 24.2 Å². The topological polar surface area (TPSA) is 28.2 Å². The minimum Gasteiger partial charge on any atom is -0.351 e. The van der Waals surface area contributed by atoms with Crippen LogP contribution < -0.4 is 10.2 Å². The number of nitrogens with zero attached hydrogens (tertiary/aromatic N) is 2. The Morgan fingerprint density at radius 1 is 1.30 bits per heavy atom. The standard InChI is InChI=1S/C16H27N3S/c1-3-10-17-13-8-5-9-14-15(13)18-16(20-14)19(2)11-12-6-4-7-12/h12-13,17H,3-11H2,1-2H3. The Kier molecular flexibility index (Phi) is 4.61. The highest BCUT2D eigenvalue weighted by atomic mass is 32.1. The molecule has 1 aromatic rings. The van der Waals surface area contributed by atoms with Crippen LogP contribution in [-0.2, 0) is 6.42 Å². The van der Waals surface area contributed by atoms with Crippen LogP contribution in [0.1, 0.15) is 62.1 Å². The van der Waals surface area contributed by atoms with E-state index in [0.717, 1.165) is 12.5 Å². The molecule has 1 heterocycles. The molecule has 1 unspecified atom stereocenters. The maximum atomic E-state index is 4.98. The largest absolute Gasteiger partial charge is 0.351 e. The Balaban J connectivity index is 1.69. The number of aromatic nitrogens is 1. The lowest BCUT2D eigenvalue weighted by atomic mass is 9.85. The summed E-state index contributed by atoms with van der Waals surface area (Å²) in [6.07, 6.45) is 9.24. The molecule has 0 saturated heterocycles. The van der Waals surface area contributed by atoms with E-state index in [4.69, 9.17) is 4.98 Å². The van der Waals surface area contributed by atoms with Gasteiger partial charge >= 0.3 is 0 Å². The highest BCUT2D eigenvalue weighted by Gasteiger charge is 2.26. The molecule has 0 aliphatic heterocycles. The summed E-state index contributed by atoms with van der Waals surface area (Å²) >= 11 is 1.93. The lowest BCUT2D eigenvalue weighted by Gasteiger charge is -2.29. The zero-order chi connectivity index (χ0) is 13.9. The number of hydrogen-bond donors (Lipinski definition) is 1. The molecule has 0 amide bonds. The summed E-state index contributed by atoms with van der Waals surface area (Å²) in [4.78, 5) is 8.90. The fourth-order valence-electron chi connectivity index (χ4n) is 3.23. The van der Waals surface area contributed by atoms with Crippen LogP contribution in [0.15, 0.2) is 0 Å². The second kappa shape index (κ2) is 6.44. The second-order valence-corrected chi connectivity index (χ2v) is 7.44. The summed E-state index contributed by atoms with van der Waals surface area (Å²) in [5, 5.41) is 4.91. The first-order valence-electron chi connectivity index (χ1n) is 8.22. The van der Waals surface area contributed by atoms with Gasteiger partial charge in [0, 0.05) is 18.5 Å². The van der Waals surface area contributed by atoms with Crippen molar-refractivity contribution in [2.45, 2.75) is 57.9 Å². The summed E-state index contributed by atoms with van der Waals surface area (Å²) in [5.74, 6) is 0.912. The predicted octanol–water partition coefficient (Wildman–Crippen LogP) is 3.76. The van der Waals surface area contributed by atoms with E-state index in [1.807, 2.05) is 11.3 Å². The molecular weight excluding hydrogens is 266 g/mol. The van der Waals surface area contributed by atoms with Gasteiger partial charge in [-0.1, -0.05) is 13.3 Å². The molecule has 1 atom stereocenters. The van der Waals surface area contributed by atoms with Crippen molar-refractivity contribution < 1.29 is 0 Å². The van der Waals surface area contributed by atoms with Crippen LogP contribution >= 0.6 is 11.3 Å². The first kappa shape index (κ1) is 14.3. The van der Waals surface area contributed by atoms with Gasteiger partial charge in [0.1, 0.15) is 0 Å². The van der Waals surface area contributed by atoms with Crippen molar-refractivity contribution in [1.82, 2.24) is 10.3 Å². The third-order valence-electron chi connectivity index (χ3n) is 4.67. The molecule has 112 valence electrons. The minimum atomic E-state index is 0.501. The lowest BCUT2D eigenvalue weighted by molar-refractivity contribution is 0.321. The molecule has 3 rings (SSSR count). The molecule has 4 heteroatoms. The van der Waals surface area contributed by atoms with E-state index >= 15 is 0 Å². The van der Waals surface area contributed by atoms with Gasteiger partial charge in [-0.25, -0.2) is 4.98 Å². The zero-order valence-electron chi connectivity index (χ0n) is 12.8. The molecule has 0 spiro atoms. The summed E-state index contributed by atoms with van der Waals surface area (Å²) in [6, 6.07) is 0.501.